The van der Waals surface area contributed by atoms with E-state index >= 15 is 0 Å². The number of carbonyl (C=O) groups is 1. The predicted octanol–water partition coefficient (Wildman–Crippen LogP) is 3.31. The van der Waals surface area contributed by atoms with Crippen LogP contribution >= 0.6 is 38.2 Å². The van der Waals surface area contributed by atoms with Crippen LogP contribution in [0, 0.1) is 0 Å². The minimum absolute atomic E-state index is 0.0865. The Balaban J connectivity index is 2.44. The van der Waals surface area contributed by atoms with Gasteiger partial charge >= 0.3 is 0 Å². The summed E-state index contributed by atoms with van der Waals surface area (Å²) in [5, 5.41) is 2.97. The highest BCUT2D eigenvalue weighted by Gasteiger charge is 2.39. The van der Waals surface area contributed by atoms with Gasteiger partial charge in [0.25, 0.3) is 15.0 Å². The van der Waals surface area contributed by atoms with Gasteiger partial charge in [0.2, 0.25) is 0 Å². The van der Waals surface area contributed by atoms with Crippen LogP contribution in [0.3, 0.4) is 0 Å². The van der Waals surface area contributed by atoms with Crippen molar-refractivity contribution in [2.24, 2.45) is 0 Å². The molecule has 0 spiro atoms. The van der Waals surface area contributed by atoms with E-state index in [0.29, 0.717) is 4.47 Å². The van der Waals surface area contributed by atoms with Gasteiger partial charge in [0, 0.05) is 20.7 Å². The molecule has 0 unspecified atom stereocenters. The highest BCUT2D eigenvalue weighted by molar-refractivity contribution is 9.10. The van der Waals surface area contributed by atoms with Crippen LogP contribution < -0.4 is 5.32 Å². The molecule has 104 valence electrons. The van der Waals surface area contributed by atoms with Crippen molar-refractivity contribution in [3.63, 3.8) is 0 Å². The number of carbonyl (C=O) groups excluding carboxylic acids is 1. The van der Waals surface area contributed by atoms with Gasteiger partial charge in [0.1, 0.15) is 0 Å². The average Bonchev–Trinajstić information content (AvgIpc) is 2.98. The van der Waals surface area contributed by atoms with Gasteiger partial charge < -0.3 is 5.32 Å². The molecule has 0 saturated heterocycles. The zero-order chi connectivity index (χ0) is 14.4. The van der Waals surface area contributed by atoms with E-state index in [4.69, 9.17) is 22.3 Å². The first kappa shape index (κ1) is 15.1. The first-order chi connectivity index (χ1) is 8.62. The Morgan fingerprint density at radius 2 is 2.00 bits per heavy atom. The summed E-state index contributed by atoms with van der Waals surface area (Å²) in [4.78, 5) is 11.9. The van der Waals surface area contributed by atoms with Gasteiger partial charge in [0.15, 0.2) is 0 Å². The molecular weight excluding hydrogens is 377 g/mol. The lowest BCUT2D eigenvalue weighted by molar-refractivity contribution is 0.0935. The predicted molar refractivity (Wildman–Crippen MR) is 77.3 cm³/mol. The summed E-state index contributed by atoms with van der Waals surface area (Å²) in [5.74, 6) is -0.409. The molecule has 0 bridgehead atoms. The van der Waals surface area contributed by atoms with Crippen LogP contribution in [0.5, 0.6) is 0 Å². The smallest absolute Gasteiger partial charge is 0.261 e. The lowest BCUT2D eigenvalue weighted by atomic mass is 10.2. The van der Waals surface area contributed by atoms with Crippen molar-refractivity contribution in [3.05, 3.63) is 27.2 Å². The molecule has 1 saturated carbocycles. The summed E-state index contributed by atoms with van der Waals surface area (Å²) in [5.41, 5.74) is -0.133. The van der Waals surface area contributed by atoms with E-state index < -0.39 is 15.0 Å². The molecule has 1 N–H and O–H groups in total. The maximum Gasteiger partial charge on any atom is 0.261 e. The Bertz CT molecular complexity index is 656. The molecule has 1 fully saturated rings. The van der Waals surface area contributed by atoms with Crippen LogP contribution in [0.1, 0.15) is 30.1 Å². The minimum Gasteiger partial charge on any atom is -0.347 e. The van der Waals surface area contributed by atoms with Crippen molar-refractivity contribution < 1.29 is 13.2 Å². The Morgan fingerprint density at radius 1 is 1.42 bits per heavy atom. The Labute approximate surface area is 129 Å². The fourth-order valence-corrected chi connectivity index (χ4v) is 3.12. The van der Waals surface area contributed by atoms with Crippen LogP contribution in [0.4, 0.5) is 0 Å². The van der Waals surface area contributed by atoms with Crippen molar-refractivity contribution in [1.82, 2.24) is 5.32 Å². The maximum absolute atomic E-state index is 12.1. The zero-order valence-corrected chi connectivity index (χ0v) is 13.8. The number of amides is 1. The fourth-order valence-electron chi connectivity index (χ4n) is 1.52. The molecule has 4 nitrogen and oxygen atoms in total. The van der Waals surface area contributed by atoms with Gasteiger partial charge in [-0.25, -0.2) is 8.42 Å². The van der Waals surface area contributed by atoms with Crippen molar-refractivity contribution in [2.45, 2.75) is 30.2 Å². The largest absolute Gasteiger partial charge is 0.347 e. The second-order valence-electron chi connectivity index (χ2n) is 4.72. The summed E-state index contributed by atoms with van der Waals surface area (Å²) in [6.07, 6.45) is 1.79. The van der Waals surface area contributed by atoms with Gasteiger partial charge in [-0.2, -0.15) is 0 Å². The summed E-state index contributed by atoms with van der Waals surface area (Å²) >= 11 is 9.13. The highest BCUT2D eigenvalue weighted by Crippen LogP contribution is 2.36. The Hall–Kier alpha value is -0.300. The molecule has 2 rings (SSSR count). The first-order valence-corrected chi connectivity index (χ1v) is 8.87. The van der Waals surface area contributed by atoms with Crippen molar-refractivity contribution in [3.8, 4) is 0 Å². The standard InChI is InChI=1S/C11H10BrCl2NO3S/c1-11(2-3-11)15-10(16)7-4-6(19(14,17)18)5-8(12)9(7)13/h4-5H,2-3H2,1H3,(H,15,16). The number of nitrogens with one attached hydrogen (secondary N) is 1. The number of halogens is 3. The topological polar surface area (TPSA) is 63.2 Å². The lowest BCUT2D eigenvalue weighted by Gasteiger charge is -2.13. The molecule has 8 heteroatoms. The van der Waals surface area contributed by atoms with Crippen LogP contribution in [0.2, 0.25) is 5.02 Å². The number of benzene rings is 1. The van der Waals surface area contributed by atoms with Gasteiger partial charge in [-0.15, -0.1) is 0 Å². The molecule has 0 atom stereocenters. The van der Waals surface area contributed by atoms with Gasteiger partial charge in [0.05, 0.1) is 15.5 Å². The van der Waals surface area contributed by atoms with Crippen LogP contribution in [-0.4, -0.2) is 19.9 Å². The highest BCUT2D eigenvalue weighted by atomic mass is 79.9. The van der Waals surface area contributed by atoms with Gasteiger partial charge in [-0.05, 0) is 47.8 Å². The number of hydrogen-bond acceptors (Lipinski definition) is 3. The van der Waals surface area contributed by atoms with E-state index in [-0.39, 0.29) is 21.0 Å². The summed E-state index contributed by atoms with van der Waals surface area (Å²) in [6, 6.07) is 2.44. The van der Waals surface area contributed by atoms with E-state index in [9.17, 15) is 13.2 Å². The minimum atomic E-state index is -3.92. The van der Waals surface area contributed by atoms with Crippen molar-refractivity contribution in [2.75, 3.05) is 0 Å². The molecule has 1 aromatic carbocycles. The SMILES string of the molecule is CC1(NC(=O)c2cc(S(=O)(=O)Cl)cc(Br)c2Cl)CC1. The fraction of sp³-hybridized carbons (Fsp3) is 0.364. The summed E-state index contributed by atoms with van der Waals surface area (Å²) < 4.78 is 23.0. The summed E-state index contributed by atoms with van der Waals surface area (Å²) in [7, 11) is 1.36. The molecular formula is C11H10BrCl2NO3S. The van der Waals surface area contributed by atoms with E-state index in [0.717, 1.165) is 12.8 Å². The maximum atomic E-state index is 12.1. The van der Waals surface area contributed by atoms with Crippen molar-refractivity contribution in [1.29, 1.82) is 0 Å². The molecule has 1 aliphatic carbocycles. The third-order valence-corrected chi connectivity index (χ3v) is 5.54. The van der Waals surface area contributed by atoms with E-state index in [1.807, 2.05) is 6.92 Å². The molecule has 0 aromatic heterocycles. The third kappa shape index (κ3) is 3.42. The Morgan fingerprint density at radius 3 is 2.47 bits per heavy atom. The molecule has 0 radical (unpaired) electrons. The second kappa shape index (κ2) is 4.91. The molecule has 1 amide bonds. The first-order valence-electron chi connectivity index (χ1n) is 5.39. The van der Waals surface area contributed by atoms with Crippen LogP contribution in [-0.2, 0) is 9.05 Å². The quantitative estimate of drug-likeness (QED) is 0.810. The number of rotatable bonds is 3. The second-order valence-corrected chi connectivity index (χ2v) is 8.52. The molecule has 19 heavy (non-hydrogen) atoms. The van der Waals surface area contributed by atoms with Crippen molar-refractivity contribution >= 4 is 53.2 Å². The average molecular weight is 387 g/mol. The van der Waals surface area contributed by atoms with E-state index in [2.05, 4.69) is 21.2 Å². The molecule has 1 aromatic rings. The molecule has 0 aliphatic heterocycles. The third-order valence-electron chi connectivity index (χ3n) is 2.94. The van der Waals surface area contributed by atoms with Gasteiger partial charge in [-0.1, -0.05) is 11.6 Å². The van der Waals surface area contributed by atoms with Gasteiger partial charge in [-0.3, -0.25) is 4.79 Å². The monoisotopic (exact) mass is 385 g/mol. The van der Waals surface area contributed by atoms with E-state index in [1.165, 1.54) is 12.1 Å². The lowest BCUT2D eigenvalue weighted by Crippen LogP contribution is -2.34. The zero-order valence-electron chi connectivity index (χ0n) is 9.84. The van der Waals surface area contributed by atoms with Crippen LogP contribution in [0.15, 0.2) is 21.5 Å². The normalized spacial score (nSPS) is 17.1. The number of hydrogen-bond donors (Lipinski definition) is 1. The summed E-state index contributed by atoms with van der Waals surface area (Å²) in [6.45, 7) is 1.91. The van der Waals surface area contributed by atoms with E-state index in [1.54, 1.807) is 0 Å². The molecule has 1 aliphatic rings. The molecule has 0 heterocycles. The Kier molecular flexibility index (Phi) is 3.90. The van der Waals surface area contributed by atoms with Crippen LogP contribution in [0.25, 0.3) is 0 Å².